The number of anilines is 1. The molecule has 7 heteroatoms. The lowest BCUT2D eigenvalue weighted by Crippen LogP contribution is -2.29. The summed E-state index contributed by atoms with van der Waals surface area (Å²) in [6, 6.07) is 11.9. The number of hydrogen-bond donors (Lipinski definition) is 0. The Morgan fingerprint density at radius 1 is 1.17 bits per heavy atom. The average Bonchev–Trinajstić information content (AvgIpc) is 3.01. The van der Waals surface area contributed by atoms with E-state index >= 15 is 0 Å². The van der Waals surface area contributed by atoms with Gasteiger partial charge in [0.2, 0.25) is 0 Å². The van der Waals surface area contributed by atoms with Gasteiger partial charge in [-0.3, -0.25) is 0 Å². The van der Waals surface area contributed by atoms with E-state index in [0.29, 0.717) is 28.3 Å². The van der Waals surface area contributed by atoms with Crippen LogP contribution in [0.3, 0.4) is 0 Å². The standard InChI is InChI=1S/C17H15ClN2O3S/c1-19-9-10-23-17-6-5-12(11-16(17)19)24(21,22)20-8-7-13-14(18)3-2-4-15(13)20/h2-8,11H,9-10H2,1H3. The maximum absolute atomic E-state index is 13.1. The zero-order valence-corrected chi connectivity index (χ0v) is 14.5. The third kappa shape index (κ3) is 2.25. The lowest BCUT2D eigenvalue weighted by atomic mass is 10.2. The lowest BCUT2D eigenvalue weighted by molar-refractivity contribution is 0.311. The summed E-state index contributed by atoms with van der Waals surface area (Å²) < 4.78 is 33.0. The Labute approximate surface area is 145 Å². The van der Waals surface area contributed by atoms with E-state index in [-0.39, 0.29) is 4.90 Å². The van der Waals surface area contributed by atoms with Crippen molar-refractivity contribution in [1.29, 1.82) is 0 Å². The smallest absolute Gasteiger partial charge is 0.268 e. The fourth-order valence-electron chi connectivity index (χ4n) is 2.92. The van der Waals surface area contributed by atoms with Crippen molar-refractivity contribution >= 4 is 38.2 Å². The Hall–Kier alpha value is -2.18. The predicted octanol–water partition coefficient (Wildman–Crippen LogP) is 3.36. The van der Waals surface area contributed by atoms with E-state index in [4.69, 9.17) is 16.3 Å². The maximum Gasteiger partial charge on any atom is 0.268 e. The van der Waals surface area contributed by atoms with E-state index in [1.54, 1.807) is 42.5 Å². The molecule has 0 atom stereocenters. The largest absolute Gasteiger partial charge is 0.490 e. The number of halogens is 1. The van der Waals surface area contributed by atoms with E-state index in [2.05, 4.69) is 0 Å². The Morgan fingerprint density at radius 3 is 2.83 bits per heavy atom. The molecule has 1 aromatic heterocycles. The molecule has 2 aromatic carbocycles. The van der Waals surface area contributed by atoms with Gasteiger partial charge < -0.3 is 9.64 Å². The summed E-state index contributed by atoms with van der Waals surface area (Å²) in [6.07, 6.45) is 1.53. The SMILES string of the molecule is CN1CCOc2ccc(S(=O)(=O)n3ccc4c(Cl)cccc43)cc21. The van der Waals surface area contributed by atoms with Crippen LogP contribution in [0.5, 0.6) is 5.75 Å². The minimum atomic E-state index is -3.72. The van der Waals surface area contributed by atoms with Crippen molar-refractivity contribution in [2.45, 2.75) is 4.90 Å². The first kappa shape index (κ1) is 15.4. The van der Waals surface area contributed by atoms with Gasteiger partial charge in [0.15, 0.2) is 0 Å². The van der Waals surface area contributed by atoms with Gasteiger partial charge in [-0.2, -0.15) is 0 Å². The number of ether oxygens (including phenoxy) is 1. The first-order valence-corrected chi connectivity index (χ1v) is 9.29. The zero-order valence-electron chi connectivity index (χ0n) is 12.9. The van der Waals surface area contributed by atoms with E-state index in [0.717, 1.165) is 12.2 Å². The summed E-state index contributed by atoms with van der Waals surface area (Å²) in [6.45, 7) is 1.31. The number of benzene rings is 2. The topological polar surface area (TPSA) is 51.5 Å². The molecular weight excluding hydrogens is 348 g/mol. The molecule has 0 fully saturated rings. The molecule has 0 saturated carbocycles. The van der Waals surface area contributed by atoms with Gasteiger partial charge in [0.05, 0.1) is 22.6 Å². The van der Waals surface area contributed by atoms with Crippen LogP contribution in [0.15, 0.2) is 53.6 Å². The van der Waals surface area contributed by atoms with Gasteiger partial charge >= 0.3 is 0 Å². The highest BCUT2D eigenvalue weighted by Gasteiger charge is 2.23. The number of fused-ring (bicyclic) bond motifs is 2. The summed E-state index contributed by atoms with van der Waals surface area (Å²) in [4.78, 5) is 2.21. The van der Waals surface area contributed by atoms with Crippen LogP contribution in [-0.4, -0.2) is 32.6 Å². The van der Waals surface area contributed by atoms with E-state index in [1.165, 1.54) is 10.2 Å². The molecule has 0 saturated heterocycles. The Morgan fingerprint density at radius 2 is 2.00 bits per heavy atom. The first-order chi connectivity index (χ1) is 11.5. The molecule has 24 heavy (non-hydrogen) atoms. The maximum atomic E-state index is 13.1. The van der Waals surface area contributed by atoms with Crippen molar-refractivity contribution in [2.24, 2.45) is 0 Å². The second kappa shape index (κ2) is 5.43. The average molecular weight is 363 g/mol. The quantitative estimate of drug-likeness (QED) is 0.701. The number of rotatable bonds is 2. The molecule has 0 radical (unpaired) electrons. The van der Waals surface area contributed by atoms with Crippen LogP contribution in [0.1, 0.15) is 0 Å². The van der Waals surface area contributed by atoms with Crippen molar-refractivity contribution in [3.63, 3.8) is 0 Å². The van der Waals surface area contributed by atoms with Gasteiger partial charge in [-0.15, -0.1) is 0 Å². The summed E-state index contributed by atoms with van der Waals surface area (Å²) >= 11 is 6.15. The summed E-state index contributed by atoms with van der Waals surface area (Å²) in [5, 5.41) is 1.24. The van der Waals surface area contributed by atoms with Crippen LogP contribution < -0.4 is 9.64 Å². The van der Waals surface area contributed by atoms with Crippen LogP contribution in [-0.2, 0) is 10.0 Å². The van der Waals surface area contributed by atoms with Crippen LogP contribution in [0, 0.1) is 0 Å². The van der Waals surface area contributed by atoms with Crippen molar-refractivity contribution < 1.29 is 13.2 Å². The van der Waals surface area contributed by atoms with Crippen molar-refractivity contribution in [2.75, 3.05) is 25.1 Å². The second-order valence-electron chi connectivity index (χ2n) is 5.69. The van der Waals surface area contributed by atoms with Crippen molar-refractivity contribution in [3.8, 4) is 5.75 Å². The monoisotopic (exact) mass is 362 g/mol. The van der Waals surface area contributed by atoms with Gasteiger partial charge in [-0.1, -0.05) is 17.7 Å². The van der Waals surface area contributed by atoms with Crippen molar-refractivity contribution in [3.05, 3.63) is 53.7 Å². The van der Waals surface area contributed by atoms with Crippen LogP contribution in [0.25, 0.3) is 10.9 Å². The second-order valence-corrected chi connectivity index (χ2v) is 7.91. The molecule has 4 rings (SSSR count). The normalized spacial score (nSPS) is 14.5. The molecule has 0 amide bonds. The molecule has 0 aliphatic carbocycles. The zero-order chi connectivity index (χ0) is 16.9. The van der Waals surface area contributed by atoms with Gasteiger partial charge in [0.25, 0.3) is 10.0 Å². The molecule has 0 spiro atoms. The summed E-state index contributed by atoms with van der Waals surface area (Å²) in [5.74, 6) is 0.697. The third-order valence-corrected chi connectivity index (χ3v) is 6.24. The highest BCUT2D eigenvalue weighted by atomic mass is 35.5. The van der Waals surface area contributed by atoms with E-state index in [1.807, 2.05) is 11.9 Å². The minimum absolute atomic E-state index is 0.219. The number of nitrogens with zero attached hydrogens (tertiary/aromatic N) is 2. The third-order valence-electron chi connectivity index (χ3n) is 4.23. The fourth-order valence-corrected chi connectivity index (χ4v) is 4.52. The molecule has 1 aliphatic rings. The lowest BCUT2D eigenvalue weighted by Gasteiger charge is -2.28. The number of hydrogen-bond acceptors (Lipinski definition) is 4. The van der Waals surface area contributed by atoms with Gasteiger partial charge in [-0.05, 0) is 36.4 Å². The highest BCUT2D eigenvalue weighted by Crippen LogP contribution is 2.34. The van der Waals surface area contributed by atoms with Crippen molar-refractivity contribution in [1.82, 2.24) is 3.97 Å². The molecule has 5 nitrogen and oxygen atoms in total. The predicted molar refractivity (Wildman–Crippen MR) is 94.7 cm³/mol. The van der Waals surface area contributed by atoms with Gasteiger partial charge in [0.1, 0.15) is 12.4 Å². The van der Waals surface area contributed by atoms with E-state index < -0.39 is 10.0 Å². The Bertz CT molecular complexity index is 1040. The fraction of sp³-hybridized carbons (Fsp3) is 0.176. The molecule has 1 aliphatic heterocycles. The molecule has 3 aromatic rings. The van der Waals surface area contributed by atoms with E-state index in [9.17, 15) is 8.42 Å². The molecule has 0 N–H and O–H groups in total. The highest BCUT2D eigenvalue weighted by molar-refractivity contribution is 7.90. The molecular formula is C17H15ClN2O3S. The van der Waals surface area contributed by atoms with Gasteiger partial charge in [0, 0.05) is 23.7 Å². The minimum Gasteiger partial charge on any atom is -0.490 e. The molecule has 0 bridgehead atoms. The summed E-state index contributed by atoms with van der Waals surface area (Å²) in [7, 11) is -1.80. The van der Waals surface area contributed by atoms with Gasteiger partial charge in [-0.25, -0.2) is 12.4 Å². The number of aromatic nitrogens is 1. The Kier molecular flexibility index (Phi) is 3.47. The van der Waals surface area contributed by atoms with Crippen LogP contribution >= 0.6 is 11.6 Å². The summed E-state index contributed by atoms with van der Waals surface area (Å²) in [5.41, 5.74) is 1.33. The van der Waals surface area contributed by atoms with Crippen LogP contribution in [0.2, 0.25) is 5.02 Å². The molecule has 2 heterocycles. The molecule has 124 valence electrons. The first-order valence-electron chi connectivity index (χ1n) is 7.47. The number of likely N-dealkylation sites (N-methyl/N-ethyl adjacent to an activating group) is 1. The van der Waals surface area contributed by atoms with Crippen LogP contribution in [0.4, 0.5) is 5.69 Å². The molecule has 0 unspecified atom stereocenters. The Balaban J connectivity index is 1.89.